The molecule has 0 unspecified atom stereocenters. The molecule has 0 amide bonds. The van der Waals surface area contributed by atoms with Crippen molar-refractivity contribution < 1.29 is 0 Å². The molecule has 2 aromatic heterocycles. The van der Waals surface area contributed by atoms with Crippen molar-refractivity contribution in [1.82, 2.24) is 19.9 Å². The normalized spacial score (nSPS) is 10.9. The summed E-state index contributed by atoms with van der Waals surface area (Å²) in [5, 5.41) is 1.07. The van der Waals surface area contributed by atoms with E-state index in [2.05, 4.69) is 133 Å². The van der Waals surface area contributed by atoms with Gasteiger partial charge < -0.3 is 4.98 Å². The van der Waals surface area contributed by atoms with Crippen molar-refractivity contribution in [2.24, 2.45) is 0 Å². The molecule has 0 spiro atoms. The monoisotopic (exact) mass is 564 g/mol. The molecule has 0 aliphatic rings. The molecule has 0 aliphatic heterocycles. The number of imidazole rings is 1. The second-order valence-corrected chi connectivity index (χ2v) is 10.3. The first kappa shape index (κ1) is 24.9. The maximum Gasteiger partial charge on any atom is 0.181 e. The molecule has 37 heavy (non-hydrogen) atoms. The lowest BCUT2D eigenvalue weighted by Gasteiger charge is -2.17. The second kappa shape index (κ2) is 12.5. The third-order valence-corrected chi connectivity index (χ3v) is 8.18. The van der Waals surface area contributed by atoms with Gasteiger partial charge in [-0.05, 0) is 22.3 Å². The lowest BCUT2D eigenvalue weighted by atomic mass is 10.0. The first-order chi connectivity index (χ1) is 18.3. The summed E-state index contributed by atoms with van der Waals surface area (Å²) >= 11 is 5.40. The molecule has 4 nitrogen and oxygen atoms in total. The number of nitrogens with zero attached hydrogens (tertiary/aromatic N) is 3. The van der Waals surface area contributed by atoms with Crippen molar-refractivity contribution in [1.29, 1.82) is 0 Å². The van der Waals surface area contributed by atoms with Crippen molar-refractivity contribution >= 4 is 38.9 Å². The minimum Gasteiger partial charge on any atom is -0.341 e. The van der Waals surface area contributed by atoms with Gasteiger partial charge in [-0.2, -0.15) is 0 Å². The van der Waals surface area contributed by atoms with Crippen LogP contribution in [0.15, 0.2) is 139 Å². The highest BCUT2D eigenvalue weighted by Gasteiger charge is 2.18. The van der Waals surface area contributed by atoms with Crippen molar-refractivity contribution in [3.8, 4) is 0 Å². The zero-order valence-corrected chi connectivity index (χ0v) is 22.4. The lowest BCUT2D eigenvalue weighted by molar-refractivity contribution is 1.07. The van der Waals surface area contributed by atoms with Gasteiger partial charge in [0.15, 0.2) is 5.65 Å². The van der Waals surface area contributed by atoms with Gasteiger partial charge in [-0.15, -0.1) is 0 Å². The molecule has 6 aromatic rings. The number of thioether (sulfide) groups is 1. The van der Waals surface area contributed by atoms with Gasteiger partial charge in [0.1, 0.15) is 16.9 Å². The molecule has 0 fully saturated rings. The molecule has 0 radical (unpaired) electrons. The van der Waals surface area contributed by atoms with Crippen LogP contribution in [0.25, 0.3) is 11.2 Å². The van der Waals surface area contributed by atoms with Crippen LogP contribution in [0.1, 0.15) is 32.3 Å². The summed E-state index contributed by atoms with van der Waals surface area (Å²) in [5.41, 5.74) is 6.65. The summed E-state index contributed by atoms with van der Waals surface area (Å²) in [5.74, 6) is 0. The van der Waals surface area contributed by atoms with Gasteiger partial charge in [-0.1, -0.05) is 149 Å². The number of rotatable bonds is 6. The fourth-order valence-corrected chi connectivity index (χ4v) is 5.76. The van der Waals surface area contributed by atoms with Gasteiger partial charge in [0.25, 0.3) is 0 Å². The molecular weight excluding hydrogens is 540 g/mol. The van der Waals surface area contributed by atoms with Crippen molar-refractivity contribution in [3.63, 3.8) is 0 Å². The molecule has 0 aliphatic carbocycles. The molecule has 4 aromatic carbocycles. The Bertz CT molecular complexity index is 1430. The Morgan fingerprint density at radius 2 is 1.03 bits per heavy atom. The molecule has 0 saturated heterocycles. The number of aromatic nitrogens is 4. The van der Waals surface area contributed by atoms with Crippen LogP contribution in [0.5, 0.6) is 0 Å². The summed E-state index contributed by atoms with van der Waals surface area (Å²) in [6.07, 6.45) is 3.22. The second-order valence-electron chi connectivity index (χ2n) is 8.28. The fourth-order valence-electron chi connectivity index (χ4n) is 3.96. The fraction of sp³-hybridized carbons (Fsp3) is 0.0645. The minimum absolute atomic E-state index is 0.166. The van der Waals surface area contributed by atoms with E-state index in [9.17, 15) is 0 Å². The van der Waals surface area contributed by atoms with E-state index in [-0.39, 0.29) is 5.25 Å². The summed E-state index contributed by atoms with van der Waals surface area (Å²) < 4.78 is 0. The average Bonchev–Trinajstić information content (AvgIpc) is 3.48. The SMILES string of the molecule is BrC(c1ccccc1)c1ccccc1.c1ccc(C(Sc2ncnc3nc[nH]c23)c2ccccc2)cc1. The maximum atomic E-state index is 4.45. The Labute approximate surface area is 229 Å². The number of aromatic amines is 1. The topological polar surface area (TPSA) is 54.5 Å². The van der Waals surface area contributed by atoms with Crippen LogP contribution in [-0.4, -0.2) is 19.9 Å². The quantitative estimate of drug-likeness (QED) is 0.125. The number of hydrogen-bond acceptors (Lipinski definition) is 4. The predicted molar refractivity (Wildman–Crippen MR) is 156 cm³/mol. The van der Waals surface area contributed by atoms with E-state index in [0.717, 1.165) is 10.5 Å². The third-order valence-electron chi connectivity index (χ3n) is 5.81. The first-order valence-electron chi connectivity index (χ1n) is 11.9. The highest BCUT2D eigenvalue weighted by atomic mass is 79.9. The number of fused-ring (bicyclic) bond motifs is 1. The molecule has 2 heterocycles. The van der Waals surface area contributed by atoms with E-state index in [1.165, 1.54) is 22.3 Å². The van der Waals surface area contributed by atoms with Gasteiger partial charge in [0.05, 0.1) is 16.4 Å². The van der Waals surface area contributed by atoms with Crippen LogP contribution in [0, 0.1) is 0 Å². The van der Waals surface area contributed by atoms with Gasteiger partial charge in [-0.25, -0.2) is 15.0 Å². The average molecular weight is 566 g/mol. The highest BCUT2D eigenvalue weighted by molar-refractivity contribution is 9.09. The summed E-state index contributed by atoms with van der Waals surface area (Å²) in [4.78, 5) is 16.3. The standard InChI is InChI=1S/C18H14N4S.C13H11Br/c1-3-7-13(8-4-1)16(14-9-5-2-6-10-14)23-18-15-17(20-11-19-15)21-12-22-18;14-13(11-7-3-1-4-8-11)12-9-5-2-6-10-12/h1-12,16H,(H,19,20,21,22);1-10,13H. The number of halogens is 1. The van der Waals surface area contributed by atoms with Crippen LogP contribution in [0.2, 0.25) is 0 Å². The molecule has 6 rings (SSSR count). The Hall–Kier alpha value is -3.74. The van der Waals surface area contributed by atoms with Gasteiger partial charge in [0, 0.05) is 0 Å². The van der Waals surface area contributed by atoms with Gasteiger partial charge >= 0.3 is 0 Å². The number of alkyl halides is 1. The van der Waals surface area contributed by atoms with E-state index < -0.39 is 0 Å². The molecule has 0 saturated carbocycles. The third kappa shape index (κ3) is 6.34. The zero-order chi connectivity index (χ0) is 25.3. The van der Waals surface area contributed by atoms with Crippen molar-refractivity contribution in [2.45, 2.75) is 15.1 Å². The van der Waals surface area contributed by atoms with Crippen molar-refractivity contribution in [2.75, 3.05) is 0 Å². The first-order valence-corrected chi connectivity index (χ1v) is 13.7. The van der Waals surface area contributed by atoms with Gasteiger partial charge in [-0.3, -0.25) is 0 Å². The van der Waals surface area contributed by atoms with Crippen LogP contribution in [0.3, 0.4) is 0 Å². The van der Waals surface area contributed by atoms with E-state index in [4.69, 9.17) is 0 Å². The smallest absolute Gasteiger partial charge is 0.181 e. The minimum atomic E-state index is 0.166. The van der Waals surface area contributed by atoms with Crippen LogP contribution in [0.4, 0.5) is 0 Å². The predicted octanol–water partition coefficient (Wildman–Crippen LogP) is 8.41. The van der Waals surface area contributed by atoms with E-state index >= 15 is 0 Å². The maximum absolute atomic E-state index is 4.45. The summed E-state index contributed by atoms with van der Waals surface area (Å²) in [6, 6.07) is 41.8. The molecule has 6 heteroatoms. The summed E-state index contributed by atoms with van der Waals surface area (Å²) in [6.45, 7) is 0. The van der Waals surface area contributed by atoms with Crippen LogP contribution >= 0.6 is 27.7 Å². The van der Waals surface area contributed by atoms with E-state index in [1.54, 1.807) is 24.4 Å². The van der Waals surface area contributed by atoms with Crippen molar-refractivity contribution in [3.05, 3.63) is 156 Å². The summed E-state index contributed by atoms with van der Waals surface area (Å²) in [7, 11) is 0. The number of nitrogens with one attached hydrogen (secondary N) is 1. The zero-order valence-electron chi connectivity index (χ0n) is 20.0. The van der Waals surface area contributed by atoms with Crippen LogP contribution < -0.4 is 0 Å². The largest absolute Gasteiger partial charge is 0.341 e. The Balaban J connectivity index is 0.000000171. The van der Waals surface area contributed by atoms with E-state index in [0.29, 0.717) is 10.5 Å². The Kier molecular flexibility index (Phi) is 8.41. The Morgan fingerprint density at radius 3 is 1.51 bits per heavy atom. The highest BCUT2D eigenvalue weighted by Crippen LogP contribution is 2.41. The number of benzene rings is 4. The lowest BCUT2D eigenvalue weighted by Crippen LogP contribution is -1.98. The van der Waals surface area contributed by atoms with Gasteiger partial charge in [0.2, 0.25) is 0 Å². The number of hydrogen-bond donors (Lipinski definition) is 1. The van der Waals surface area contributed by atoms with E-state index in [1.807, 2.05) is 24.3 Å². The van der Waals surface area contributed by atoms with Crippen LogP contribution in [-0.2, 0) is 0 Å². The molecule has 0 atom stereocenters. The molecule has 0 bridgehead atoms. The number of H-pyrrole nitrogens is 1. The molecule has 182 valence electrons. The molecule has 1 N–H and O–H groups in total. The Morgan fingerprint density at radius 1 is 0.568 bits per heavy atom. The molecular formula is C31H25BrN4S.